The summed E-state index contributed by atoms with van der Waals surface area (Å²) in [6.45, 7) is 23.9. The minimum atomic E-state index is -1.10. The Morgan fingerprint density at radius 3 is 2.17 bits per heavy atom. The van der Waals surface area contributed by atoms with Crippen molar-refractivity contribution in [1.82, 2.24) is 10.6 Å². The summed E-state index contributed by atoms with van der Waals surface area (Å²) in [5.41, 5.74) is 1.55. The van der Waals surface area contributed by atoms with E-state index in [0.29, 0.717) is 49.0 Å². The number of aliphatic carboxylic acids is 1. The quantitative estimate of drug-likeness (QED) is 0.0790. The lowest BCUT2D eigenvalue weighted by molar-refractivity contribution is -0.246. The van der Waals surface area contributed by atoms with Crippen molar-refractivity contribution in [3.8, 4) is 0 Å². The first-order chi connectivity index (χ1) is 25.2. The first kappa shape index (κ1) is 43.2. The Hall–Kier alpha value is -1.93. The zero-order valence-electron chi connectivity index (χ0n) is 35.4. The lowest BCUT2D eigenvalue weighted by Gasteiger charge is -2.72. The fourth-order valence-electron chi connectivity index (χ4n) is 14.3. The van der Waals surface area contributed by atoms with E-state index in [1.165, 1.54) is 31.3 Å². The van der Waals surface area contributed by atoms with Gasteiger partial charge in [0.1, 0.15) is 0 Å². The van der Waals surface area contributed by atoms with Gasteiger partial charge in [-0.15, -0.1) is 0 Å². The van der Waals surface area contributed by atoms with E-state index >= 15 is 0 Å². The summed E-state index contributed by atoms with van der Waals surface area (Å²) in [6.07, 6.45) is 14.8. The largest absolute Gasteiger partial charge is 0.481 e. The summed E-state index contributed by atoms with van der Waals surface area (Å²) < 4.78 is 0. The van der Waals surface area contributed by atoms with Gasteiger partial charge in [0.05, 0.1) is 30.1 Å². The van der Waals surface area contributed by atoms with Crippen LogP contribution in [0.2, 0.25) is 0 Å². The number of carbonyl (C=O) groups is 3. The molecule has 5 N–H and O–H groups in total. The van der Waals surface area contributed by atoms with E-state index in [9.17, 15) is 24.6 Å². The topological polar surface area (TPSA) is 136 Å². The molecule has 5 unspecified atom stereocenters. The standard InChI is InChI=1S/C46H78N2O6/c1-29(2)27-33(34(49)28-39(52)53)48-38(51)15-13-11-10-12-14-26-47-41(54)46-23-18-31(30(3)4)40(46)32-16-17-36-43(7)21-20-37(50)42(5,6)35(43)19-22-45(36,9)44(32,8)24-25-46/h29,31-37,40,49-50H,3,10-28H2,1-2,4-9H3,(H,47,54)(H,48,51)(H,52,53)/t31-,32?,33?,34-,35?,36?,37-,40?,43-,44+,45+,46-/m0/s1. The van der Waals surface area contributed by atoms with Crippen LogP contribution in [0, 0.1) is 62.6 Å². The summed E-state index contributed by atoms with van der Waals surface area (Å²) in [7, 11) is 0. The molecule has 12 atom stereocenters. The normalized spacial score (nSPS) is 39.3. The van der Waals surface area contributed by atoms with Crippen LogP contribution in [0.1, 0.15) is 171 Å². The Kier molecular flexibility index (Phi) is 13.2. The minimum absolute atomic E-state index is 0.0488. The molecule has 0 aromatic heterocycles. The summed E-state index contributed by atoms with van der Waals surface area (Å²) in [5.74, 6) is 1.75. The SMILES string of the molecule is C=C(C)[C@@H]1CC[C@]2(C(=O)NCCCCCCCC(=O)NC(CC(C)C)[C@@H](O)CC(=O)O)CC[C@]3(C)C(CCC4[C@@]5(C)CC[C@H](O)C(C)(C)C5CC[C@]43C)C12. The van der Waals surface area contributed by atoms with E-state index < -0.39 is 18.1 Å². The van der Waals surface area contributed by atoms with Crippen molar-refractivity contribution in [2.24, 2.45) is 62.6 Å². The van der Waals surface area contributed by atoms with Crippen LogP contribution in [0.4, 0.5) is 0 Å². The highest BCUT2D eigenvalue weighted by Gasteiger charge is 2.71. The molecule has 5 aliphatic carbocycles. The number of allylic oxidation sites excluding steroid dienone is 1. The third-order valence-electron chi connectivity index (χ3n) is 17.3. The lowest BCUT2D eigenvalue weighted by Crippen LogP contribution is -2.67. The highest BCUT2D eigenvalue weighted by Crippen LogP contribution is 2.77. The van der Waals surface area contributed by atoms with Gasteiger partial charge >= 0.3 is 5.97 Å². The molecule has 5 rings (SSSR count). The number of rotatable bonds is 16. The van der Waals surface area contributed by atoms with E-state index in [-0.39, 0.29) is 57.3 Å². The number of amides is 2. The smallest absolute Gasteiger partial charge is 0.306 e. The maximum Gasteiger partial charge on any atom is 0.306 e. The zero-order valence-corrected chi connectivity index (χ0v) is 35.4. The predicted octanol–water partition coefficient (Wildman–Crippen LogP) is 8.83. The molecule has 8 heteroatoms. The Labute approximate surface area is 327 Å². The van der Waals surface area contributed by atoms with Gasteiger partial charge in [0.15, 0.2) is 0 Å². The molecule has 0 bridgehead atoms. The van der Waals surface area contributed by atoms with Crippen LogP contribution in [0.25, 0.3) is 0 Å². The van der Waals surface area contributed by atoms with Gasteiger partial charge in [0.2, 0.25) is 11.8 Å². The van der Waals surface area contributed by atoms with E-state index in [1.54, 1.807) is 0 Å². The van der Waals surface area contributed by atoms with Crippen LogP contribution in [0.3, 0.4) is 0 Å². The summed E-state index contributed by atoms with van der Waals surface area (Å²) in [5, 5.41) is 36.8. The van der Waals surface area contributed by atoms with Crippen LogP contribution >= 0.6 is 0 Å². The second-order valence-corrected chi connectivity index (χ2v) is 21.0. The van der Waals surface area contributed by atoms with Gasteiger partial charge in [-0.05, 0) is 148 Å². The fraction of sp³-hybridized carbons (Fsp3) is 0.891. The Bertz CT molecular complexity index is 1380. The number of carboxylic acids is 1. The van der Waals surface area contributed by atoms with Crippen LogP contribution in [-0.2, 0) is 14.4 Å². The number of carbonyl (C=O) groups excluding carboxylic acids is 2. The lowest BCUT2D eigenvalue weighted by atomic mass is 9.32. The van der Waals surface area contributed by atoms with Crippen molar-refractivity contribution in [3.05, 3.63) is 12.2 Å². The van der Waals surface area contributed by atoms with Crippen molar-refractivity contribution in [3.63, 3.8) is 0 Å². The molecule has 54 heavy (non-hydrogen) atoms. The Morgan fingerprint density at radius 2 is 1.50 bits per heavy atom. The molecule has 0 aliphatic heterocycles. The first-order valence-corrected chi connectivity index (χ1v) is 22.1. The number of unbranched alkanes of at least 4 members (excludes halogenated alkanes) is 4. The van der Waals surface area contributed by atoms with Crippen molar-refractivity contribution < 1.29 is 29.7 Å². The molecule has 0 heterocycles. The van der Waals surface area contributed by atoms with Crippen LogP contribution in [0.15, 0.2) is 12.2 Å². The molecule has 0 saturated heterocycles. The molecular weight excluding hydrogens is 677 g/mol. The third-order valence-corrected chi connectivity index (χ3v) is 17.3. The second-order valence-electron chi connectivity index (χ2n) is 21.0. The number of aliphatic hydroxyl groups is 2. The zero-order chi connectivity index (χ0) is 39.9. The number of hydrogen-bond acceptors (Lipinski definition) is 5. The average Bonchev–Trinajstić information content (AvgIpc) is 3.49. The fourth-order valence-corrected chi connectivity index (χ4v) is 14.3. The molecule has 0 aromatic carbocycles. The number of carboxylic acid groups (broad SMARTS) is 1. The van der Waals surface area contributed by atoms with Gasteiger partial charge in [0.25, 0.3) is 0 Å². The molecule has 5 saturated carbocycles. The maximum absolute atomic E-state index is 14.5. The molecule has 5 aliphatic rings. The summed E-state index contributed by atoms with van der Waals surface area (Å²) in [6, 6.07) is -0.554. The highest BCUT2D eigenvalue weighted by atomic mass is 16.4. The average molecular weight is 755 g/mol. The van der Waals surface area contributed by atoms with Gasteiger partial charge in [0, 0.05) is 13.0 Å². The second kappa shape index (κ2) is 16.5. The number of nitrogens with one attached hydrogen (secondary N) is 2. The number of aliphatic hydroxyl groups excluding tert-OH is 2. The van der Waals surface area contributed by atoms with Gasteiger partial charge in [-0.3, -0.25) is 14.4 Å². The van der Waals surface area contributed by atoms with Crippen LogP contribution in [-0.4, -0.2) is 57.9 Å². The number of fused-ring (bicyclic) bond motifs is 7. The van der Waals surface area contributed by atoms with E-state index in [4.69, 9.17) is 5.11 Å². The minimum Gasteiger partial charge on any atom is -0.481 e. The van der Waals surface area contributed by atoms with Gasteiger partial charge in [-0.25, -0.2) is 0 Å². The molecule has 0 aromatic rings. The maximum atomic E-state index is 14.5. The molecule has 2 amide bonds. The van der Waals surface area contributed by atoms with E-state index in [0.717, 1.165) is 70.6 Å². The Morgan fingerprint density at radius 1 is 0.815 bits per heavy atom. The van der Waals surface area contributed by atoms with Crippen molar-refractivity contribution in [2.75, 3.05) is 6.54 Å². The summed E-state index contributed by atoms with van der Waals surface area (Å²) >= 11 is 0. The molecule has 0 spiro atoms. The monoisotopic (exact) mass is 755 g/mol. The Balaban J connectivity index is 1.15. The third kappa shape index (κ3) is 7.83. The van der Waals surface area contributed by atoms with Gasteiger partial charge in [-0.2, -0.15) is 0 Å². The number of hydrogen-bond donors (Lipinski definition) is 5. The van der Waals surface area contributed by atoms with E-state index in [1.807, 2.05) is 13.8 Å². The van der Waals surface area contributed by atoms with Crippen LogP contribution < -0.4 is 10.6 Å². The predicted molar refractivity (Wildman–Crippen MR) is 215 cm³/mol. The highest BCUT2D eigenvalue weighted by molar-refractivity contribution is 5.84. The molecular formula is C46H78N2O6. The molecule has 0 radical (unpaired) electrons. The van der Waals surface area contributed by atoms with E-state index in [2.05, 4.69) is 58.8 Å². The molecule has 5 fully saturated rings. The van der Waals surface area contributed by atoms with Crippen LogP contribution in [0.5, 0.6) is 0 Å². The summed E-state index contributed by atoms with van der Waals surface area (Å²) in [4.78, 5) is 38.2. The first-order valence-electron chi connectivity index (χ1n) is 22.1. The van der Waals surface area contributed by atoms with Crippen molar-refractivity contribution in [2.45, 2.75) is 189 Å². The van der Waals surface area contributed by atoms with Gasteiger partial charge in [-0.1, -0.05) is 79.9 Å². The van der Waals surface area contributed by atoms with Crippen molar-refractivity contribution in [1.29, 1.82) is 0 Å². The molecule has 308 valence electrons. The van der Waals surface area contributed by atoms with Crippen molar-refractivity contribution >= 4 is 17.8 Å². The molecule has 8 nitrogen and oxygen atoms in total. The van der Waals surface area contributed by atoms with Gasteiger partial charge < -0.3 is 26.0 Å².